The summed E-state index contributed by atoms with van der Waals surface area (Å²) in [4.78, 5) is 9.15. The summed E-state index contributed by atoms with van der Waals surface area (Å²) in [6.07, 6.45) is 1.84. The number of hydrogen-bond acceptors (Lipinski definition) is 4. The van der Waals surface area contributed by atoms with Gasteiger partial charge in [-0.15, -0.1) is 0 Å². The van der Waals surface area contributed by atoms with Crippen molar-refractivity contribution in [2.24, 2.45) is 0 Å². The van der Waals surface area contributed by atoms with E-state index in [9.17, 15) is 0 Å². The quantitative estimate of drug-likeness (QED) is 0.852. The van der Waals surface area contributed by atoms with Crippen LogP contribution >= 0.6 is 15.9 Å². The largest absolute Gasteiger partial charge is 0.495 e. The second-order valence-electron chi connectivity index (χ2n) is 4.95. The third kappa shape index (κ3) is 2.97. The molecular weight excluding hydrogens is 330 g/mol. The van der Waals surface area contributed by atoms with Gasteiger partial charge in [-0.25, -0.2) is 4.98 Å². The van der Waals surface area contributed by atoms with E-state index in [4.69, 9.17) is 4.74 Å². The first kappa shape index (κ1) is 14.2. The monoisotopic (exact) mass is 347 g/mol. The van der Waals surface area contributed by atoms with Crippen molar-refractivity contribution in [1.82, 2.24) is 4.98 Å². The number of aromatic nitrogens is 1. The third-order valence-corrected chi connectivity index (χ3v) is 4.36. The molecule has 1 aliphatic rings. The van der Waals surface area contributed by atoms with Gasteiger partial charge in [0, 0.05) is 32.4 Å². The summed E-state index contributed by atoms with van der Waals surface area (Å²) in [5, 5.41) is 0. The van der Waals surface area contributed by atoms with Gasteiger partial charge in [0.2, 0.25) is 0 Å². The van der Waals surface area contributed by atoms with Gasteiger partial charge >= 0.3 is 0 Å². The molecule has 1 aliphatic heterocycles. The molecule has 110 valence electrons. The van der Waals surface area contributed by atoms with E-state index in [2.05, 4.69) is 42.8 Å². The Labute approximate surface area is 133 Å². The second-order valence-corrected chi connectivity index (χ2v) is 5.81. The molecule has 5 heteroatoms. The second kappa shape index (κ2) is 6.35. The molecule has 2 heterocycles. The summed E-state index contributed by atoms with van der Waals surface area (Å²) in [5.74, 6) is 1.96. The lowest BCUT2D eigenvalue weighted by atomic mass is 10.2. The van der Waals surface area contributed by atoms with Gasteiger partial charge in [0.05, 0.1) is 17.3 Å². The minimum Gasteiger partial charge on any atom is -0.495 e. The van der Waals surface area contributed by atoms with Crippen LogP contribution in [0, 0.1) is 0 Å². The molecule has 0 bridgehead atoms. The van der Waals surface area contributed by atoms with Gasteiger partial charge in [0.1, 0.15) is 11.6 Å². The van der Waals surface area contributed by atoms with E-state index in [-0.39, 0.29) is 0 Å². The van der Waals surface area contributed by atoms with Crippen LogP contribution in [0.5, 0.6) is 5.75 Å². The number of para-hydroxylation sites is 2. The van der Waals surface area contributed by atoms with Crippen molar-refractivity contribution in [2.45, 2.75) is 0 Å². The molecule has 0 aliphatic carbocycles. The number of piperazine rings is 1. The molecule has 0 atom stereocenters. The van der Waals surface area contributed by atoms with Crippen LogP contribution in [0.3, 0.4) is 0 Å². The highest BCUT2D eigenvalue weighted by Gasteiger charge is 2.21. The Hall–Kier alpha value is -1.75. The zero-order valence-electron chi connectivity index (χ0n) is 12.0. The fourth-order valence-corrected chi connectivity index (χ4v) is 3.17. The van der Waals surface area contributed by atoms with Crippen molar-refractivity contribution >= 4 is 27.4 Å². The minimum atomic E-state index is 0.935. The summed E-state index contributed by atoms with van der Waals surface area (Å²) >= 11 is 3.58. The summed E-state index contributed by atoms with van der Waals surface area (Å²) in [7, 11) is 1.72. The van der Waals surface area contributed by atoms with Crippen LogP contribution in [0.4, 0.5) is 11.5 Å². The highest BCUT2D eigenvalue weighted by Crippen LogP contribution is 2.30. The molecule has 0 N–H and O–H groups in total. The van der Waals surface area contributed by atoms with E-state index in [1.807, 2.05) is 30.5 Å². The number of benzene rings is 1. The van der Waals surface area contributed by atoms with Gasteiger partial charge in [-0.3, -0.25) is 0 Å². The molecular formula is C16H18BrN3O. The molecule has 1 aromatic heterocycles. The normalized spacial score (nSPS) is 15.1. The zero-order chi connectivity index (χ0) is 14.7. The summed E-state index contributed by atoms with van der Waals surface area (Å²) in [5.41, 5.74) is 1.17. The Kier molecular flexibility index (Phi) is 4.29. The first-order valence-electron chi connectivity index (χ1n) is 7.03. The Morgan fingerprint density at radius 3 is 2.43 bits per heavy atom. The van der Waals surface area contributed by atoms with Crippen molar-refractivity contribution < 1.29 is 4.74 Å². The summed E-state index contributed by atoms with van der Waals surface area (Å²) in [6.45, 7) is 3.83. The number of hydrogen-bond donors (Lipinski definition) is 0. The van der Waals surface area contributed by atoms with E-state index >= 15 is 0 Å². The highest BCUT2D eigenvalue weighted by atomic mass is 79.9. The Balaban J connectivity index is 1.72. The standard InChI is InChI=1S/C16H18BrN3O/c1-21-15-7-3-2-6-14(15)19-9-11-20(12-10-19)16-13(17)5-4-8-18-16/h2-8H,9-12H2,1H3. The summed E-state index contributed by atoms with van der Waals surface area (Å²) in [6, 6.07) is 12.2. The molecule has 2 aromatic rings. The molecule has 3 rings (SSSR count). The highest BCUT2D eigenvalue weighted by molar-refractivity contribution is 9.10. The molecule has 0 amide bonds. The van der Waals surface area contributed by atoms with Crippen molar-refractivity contribution in [2.75, 3.05) is 43.1 Å². The van der Waals surface area contributed by atoms with Crippen LogP contribution in [-0.2, 0) is 0 Å². The van der Waals surface area contributed by atoms with Gasteiger partial charge in [0.25, 0.3) is 0 Å². The number of rotatable bonds is 3. The fourth-order valence-electron chi connectivity index (χ4n) is 2.66. The van der Waals surface area contributed by atoms with Crippen molar-refractivity contribution in [3.63, 3.8) is 0 Å². The van der Waals surface area contributed by atoms with Crippen molar-refractivity contribution in [3.05, 3.63) is 47.1 Å². The number of halogens is 1. The summed E-state index contributed by atoms with van der Waals surface area (Å²) < 4.78 is 6.51. The lowest BCUT2D eigenvalue weighted by Gasteiger charge is -2.37. The van der Waals surface area contributed by atoms with Crippen LogP contribution in [0.25, 0.3) is 0 Å². The first-order chi connectivity index (χ1) is 10.3. The molecule has 0 radical (unpaired) electrons. The number of ether oxygens (including phenoxy) is 1. The Morgan fingerprint density at radius 1 is 1.00 bits per heavy atom. The third-order valence-electron chi connectivity index (χ3n) is 3.74. The molecule has 4 nitrogen and oxygen atoms in total. The predicted molar refractivity (Wildman–Crippen MR) is 89.4 cm³/mol. The predicted octanol–water partition coefficient (Wildman–Crippen LogP) is 3.18. The maximum absolute atomic E-state index is 5.45. The van der Waals surface area contributed by atoms with Gasteiger partial charge in [-0.1, -0.05) is 12.1 Å². The Morgan fingerprint density at radius 2 is 1.71 bits per heavy atom. The van der Waals surface area contributed by atoms with Gasteiger partial charge < -0.3 is 14.5 Å². The van der Waals surface area contributed by atoms with Crippen molar-refractivity contribution in [1.29, 1.82) is 0 Å². The lowest BCUT2D eigenvalue weighted by molar-refractivity contribution is 0.413. The maximum Gasteiger partial charge on any atom is 0.142 e. The van der Waals surface area contributed by atoms with Crippen LogP contribution < -0.4 is 14.5 Å². The van der Waals surface area contributed by atoms with E-state index in [0.717, 1.165) is 42.2 Å². The van der Waals surface area contributed by atoms with Gasteiger partial charge in [-0.05, 0) is 40.2 Å². The molecule has 1 fully saturated rings. The Bertz CT molecular complexity index is 612. The fraction of sp³-hybridized carbons (Fsp3) is 0.312. The van der Waals surface area contributed by atoms with E-state index in [1.165, 1.54) is 5.69 Å². The average Bonchev–Trinajstić information content (AvgIpc) is 2.55. The van der Waals surface area contributed by atoms with E-state index < -0.39 is 0 Å². The average molecular weight is 348 g/mol. The molecule has 0 saturated carbocycles. The van der Waals surface area contributed by atoms with Crippen LogP contribution in [-0.4, -0.2) is 38.3 Å². The molecule has 1 saturated heterocycles. The number of pyridine rings is 1. The van der Waals surface area contributed by atoms with Gasteiger partial charge in [-0.2, -0.15) is 0 Å². The maximum atomic E-state index is 5.45. The number of nitrogens with zero attached hydrogens (tertiary/aromatic N) is 3. The van der Waals surface area contributed by atoms with Crippen molar-refractivity contribution in [3.8, 4) is 5.75 Å². The lowest BCUT2D eigenvalue weighted by Crippen LogP contribution is -2.47. The smallest absolute Gasteiger partial charge is 0.142 e. The van der Waals surface area contributed by atoms with Crippen LogP contribution in [0.15, 0.2) is 47.1 Å². The van der Waals surface area contributed by atoms with E-state index in [1.54, 1.807) is 7.11 Å². The number of methoxy groups -OCH3 is 1. The zero-order valence-corrected chi connectivity index (χ0v) is 13.6. The van der Waals surface area contributed by atoms with Crippen LogP contribution in [0.2, 0.25) is 0 Å². The molecule has 21 heavy (non-hydrogen) atoms. The van der Waals surface area contributed by atoms with Crippen LogP contribution in [0.1, 0.15) is 0 Å². The molecule has 1 aromatic carbocycles. The SMILES string of the molecule is COc1ccccc1N1CCN(c2ncccc2Br)CC1. The topological polar surface area (TPSA) is 28.6 Å². The van der Waals surface area contributed by atoms with Gasteiger partial charge in [0.15, 0.2) is 0 Å². The van der Waals surface area contributed by atoms with E-state index in [0.29, 0.717) is 0 Å². The number of anilines is 2. The molecule has 0 unspecified atom stereocenters. The minimum absolute atomic E-state index is 0.935. The first-order valence-corrected chi connectivity index (χ1v) is 7.82. The molecule has 0 spiro atoms.